The van der Waals surface area contributed by atoms with Crippen LogP contribution in [0.25, 0.3) is 0 Å². The summed E-state index contributed by atoms with van der Waals surface area (Å²) in [6, 6.07) is 14.8. The molecule has 170 valence electrons. The Morgan fingerprint density at radius 1 is 0.969 bits per heavy atom. The molecule has 32 heavy (non-hydrogen) atoms. The summed E-state index contributed by atoms with van der Waals surface area (Å²) in [6.07, 6.45) is -4.65. The van der Waals surface area contributed by atoms with Crippen LogP contribution in [0.15, 0.2) is 71.6 Å². The Morgan fingerprint density at radius 2 is 1.69 bits per heavy atom. The maximum absolute atomic E-state index is 13.1. The standard InChI is InChI=1S/C22H18Cl2F3NO3S/c1-2-28(32(29,30)20-8-3-5-16(12-20)22(25,26)27)18-6-4-7-19(13-18)31-14-15-11-17(23)9-10-21(15)24/h3-13H,2,14H2,1H3. The van der Waals surface area contributed by atoms with Crippen LogP contribution in [0.1, 0.15) is 18.1 Å². The van der Waals surface area contributed by atoms with Crippen molar-refractivity contribution in [3.05, 3.63) is 87.9 Å². The average molecular weight is 504 g/mol. The Labute approximate surface area is 194 Å². The molecule has 0 saturated heterocycles. The molecule has 0 unspecified atom stereocenters. The van der Waals surface area contributed by atoms with Gasteiger partial charge >= 0.3 is 6.18 Å². The van der Waals surface area contributed by atoms with Crippen molar-refractivity contribution in [1.82, 2.24) is 0 Å². The first-order chi connectivity index (χ1) is 15.0. The molecule has 0 N–H and O–H groups in total. The third kappa shape index (κ3) is 5.49. The first kappa shape index (κ1) is 24.2. The van der Waals surface area contributed by atoms with Gasteiger partial charge in [-0.2, -0.15) is 13.2 Å². The first-order valence-electron chi connectivity index (χ1n) is 9.39. The van der Waals surface area contributed by atoms with Gasteiger partial charge < -0.3 is 4.74 Å². The zero-order valence-electron chi connectivity index (χ0n) is 16.7. The molecule has 0 amide bonds. The second-order valence-corrected chi connectivity index (χ2v) is 9.42. The van der Waals surface area contributed by atoms with Gasteiger partial charge in [-0.25, -0.2) is 8.42 Å². The molecule has 0 heterocycles. The minimum atomic E-state index is -4.65. The highest BCUT2D eigenvalue weighted by molar-refractivity contribution is 7.92. The van der Waals surface area contributed by atoms with Crippen molar-refractivity contribution >= 4 is 38.9 Å². The summed E-state index contributed by atoms with van der Waals surface area (Å²) in [5.74, 6) is 0.358. The lowest BCUT2D eigenvalue weighted by Gasteiger charge is -2.24. The number of nitrogens with zero attached hydrogens (tertiary/aromatic N) is 1. The Hall–Kier alpha value is -2.42. The molecule has 0 spiro atoms. The summed E-state index contributed by atoms with van der Waals surface area (Å²) in [7, 11) is -4.24. The minimum absolute atomic E-state index is 0.00214. The molecule has 3 rings (SSSR count). The van der Waals surface area contributed by atoms with E-state index in [2.05, 4.69) is 0 Å². The number of hydrogen-bond donors (Lipinski definition) is 0. The summed E-state index contributed by atoms with van der Waals surface area (Å²) < 4.78 is 72.1. The molecule has 0 aliphatic rings. The highest BCUT2D eigenvalue weighted by Crippen LogP contribution is 2.33. The van der Waals surface area contributed by atoms with E-state index in [9.17, 15) is 21.6 Å². The van der Waals surface area contributed by atoms with Gasteiger partial charge in [-0.1, -0.05) is 35.3 Å². The van der Waals surface area contributed by atoms with Crippen LogP contribution >= 0.6 is 23.2 Å². The average Bonchev–Trinajstić information content (AvgIpc) is 2.74. The predicted octanol–water partition coefficient (Wildman–Crippen LogP) is 6.81. The van der Waals surface area contributed by atoms with Crippen LogP contribution in [0.2, 0.25) is 10.0 Å². The fraction of sp³-hybridized carbons (Fsp3) is 0.182. The van der Waals surface area contributed by atoms with Crippen LogP contribution in [0, 0.1) is 0 Å². The number of benzene rings is 3. The van der Waals surface area contributed by atoms with E-state index >= 15 is 0 Å². The number of anilines is 1. The Bertz CT molecular complexity index is 1220. The molecule has 0 atom stereocenters. The number of ether oxygens (including phenoxy) is 1. The number of hydrogen-bond acceptors (Lipinski definition) is 3. The third-order valence-corrected chi connectivity index (χ3v) is 7.05. The molecular formula is C22H18Cl2F3NO3S. The summed E-state index contributed by atoms with van der Waals surface area (Å²) in [6.45, 7) is 1.68. The fourth-order valence-electron chi connectivity index (χ4n) is 2.99. The highest BCUT2D eigenvalue weighted by atomic mass is 35.5. The summed E-state index contributed by atoms with van der Waals surface area (Å²) in [5, 5.41) is 0.957. The molecule has 0 saturated carbocycles. The van der Waals surface area contributed by atoms with Crippen molar-refractivity contribution in [1.29, 1.82) is 0 Å². The first-order valence-corrected chi connectivity index (χ1v) is 11.6. The van der Waals surface area contributed by atoms with Crippen molar-refractivity contribution in [3.8, 4) is 5.75 Å². The monoisotopic (exact) mass is 503 g/mol. The van der Waals surface area contributed by atoms with Crippen molar-refractivity contribution in [2.24, 2.45) is 0 Å². The Morgan fingerprint density at radius 3 is 2.38 bits per heavy atom. The van der Waals surface area contributed by atoms with Crippen LogP contribution in [0.3, 0.4) is 0 Å². The van der Waals surface area contributed by atoms with Gasteiger partial charge in [-0.05, 0) is 55.5 Å². The van der Waals surface area contributed by atoms with E-state index in [4.69, 9.17) is 27.9 Å². The predicted molar refractivity (Wildman–Crippen MR) is 119 cm³/mol. The van der Waals surface area contributed by atoms with Crippen LogP contribution in [0.4, 0.5) is 18.9 Å². The summed E-state index contributed by atoms with van der Waals surface area (Å²) >= 11 is 12.1. The van der Waals surface area contributed by atoms with Crippen LogP contribution in [-0.2, 0) is 22.8 Å². The lowest BCUT2D eigenvalue weighted by Crippen LogP contribution is -2.31. The summed E-state index contributed by atoms with van der Waals surface area (Å²) in [4.78, 5) is -0.453. The molecule has 0 radical (unpaired) electrons. The van der Waals surface area contributed by atoms with Gasteiger partial charge in [0.25, 0.3) is 10.0 Å². The van der Waals surface area contributed by atoms with Crippen LogP contribution < -0.4 is 9.04 Å². The van der Waals surface area contributed by atoms with Crippen molar-refractivity contribution in [3.63, 3.8) is 0 Å². The molecule has 0 aliphatic heterocycles. The normalized spacial score (nSPS) is 11.9. The molecule has 0 aromatic heterocycles. The Balaban J connectivity index is 1.88. The van der Waals surface area contributed by atoms with Gasteiger partial charge in [-0.3, -0.25) is 4.31 Å². The number of halogens is 5. The molecule has 0 fully saturated rings. The third-order valence-electron chi connectivity index (χ3n) is 4.54. The lowest BCUT2D eigenvalue weighted by atomic mass is 10.2. The van der Waals surface area contributed by atoms with Crippen LogP contribution in [-0.4, -0.2) is 15.0 Å². The maximum atomic E-state index is 13.1. The molecule has 0 bridgehead atoms. The SMILES string of the molecule is CCN(c1cccc(OCc2cc(Cl)ccc2Cl)c1)S(=O)(=O)c1cccc(C(F)(F)F)c1. The van der Waals surface area contributed by atoms with E-state index in [1.54, 1.807) is 37.3 Å². The quantitative estimate of drug-likeness (QED) is 0.355. The fourth-order valence-corrected chi connectivity index (χ4v) is 4.87. The highest BCUT2D eigenvalue weighted by Gasteiger charge is 2.33. The molecule has 0 aliphatic carbocycles. The number of rotatable bonds is 7. The van der Waals surface area contributed by atoms with E-state index in [0.29, 0.717) is 27.4 Å². The molecule has 3 aromatic rings. The molecular weight excluding hydrogens is 486 g/mol. The van der Waals surface area contributed by atoms with Gasteiger partial charge in [-0.15, -0.1) is 0 Å². The van der Waals surface area contributed by atoms with Gasteiger partial charge in [0.15, 0.2) is 0 Å². The van der Waals surface area contributed by atoms with E-state index in [-0.39, 0.29) is 18.8 Å². The summed E-state index contributed by atoms with van der Waals surface area (Å²) in [5.41, 5.74) is -0.141. The van der Waals surface area contributed by atoms with Crippen LogP contribution in [0.5, 0.6) is 5.75 Å². The lowest BCUT2D eigenvalue weighted by molar-refractivity contribution is -0.137. The van der Waals surface area contributed by atoms with E-state index in [1.165, 1.54) is 12.1 Å². The van der Waals surface area contributed by atoms with Crippen molar-refractivity contribution in [2.75, 3.05) is 10.8 Å². The second-order valence-electron chi connectivity index (χ2n) is 6.72. The zero-order chi connectivity index (χ0) is 23.5. The maximum Gasteiger partial charge on any atom is 0.416 e. The van der Waals surface area contributed by atoms with Gasteiger partial charge in [0.05, 0.1) is 16.1 Å². The van der Waals surface area contributed by atoms with E-state index < -0.39 is 26.7 Å². The van der Waals surface area contributed by atoms with Gasteiger partial charge in [0, 0.05) is 28.2 Å². The largest absolute Gasteiger partial charge is 0.489 e. The molecule has 3 aromatic carbocycles. The zero-order valence-corrected chi connectivity index (χ0v) is 19.1. The molecule has 4 nitrogen and oxygen atoms in total. The van der Waals surface area contributed by atoms with Gasteiger partial charge in [0.1, 0.15) is 12.4 Å². The number of alkyl halides is 3. The number of sulfonamides is 1. The van der Waals surface area contributed by atoms with E-state index in [1.807, 2.05) is 0 Å². The minimum Gasteiger partial charge on any atom is -0.489 e. The topological polar surface area (TPSA) is 46.6 Å². The van der Waals surface area contributed by atoms with Crippen molar-refractivity contribution < 1.29 is 26.3 Å². The Kier molecular flexibility index (Phi) is 7.27. The second kappa shape index (κ2) is 9.60. The van der Waals surface area contributed by atoms with E-state index in [0.717, 1.165) is 22.5 Å². The van der Waals surface area contributed by atoms with Gasteiger partial charge in [0.2, 0.25) is 0 Å². The molecule has 10 heteroatoms. The van der Waals surface area contributed by atoms with Crippen molar-refractivity contribution in [2.45, 2.75) is 24.6 Å². The smallest absolute Gasteiger partial charge is 0.416 e.